The van der Waals surface area contributed by atoms with Crippen molar-refractivity contribution in [2.24, 2.45) is 0 Å². The van der Waals surface area contributed by atoms with Crippen LogP contribution in [0.1, 0.15) is 26.7 Å². The maximum atomic E-state index is 6.06. The van der Waals surface area contributed by atoms with Gasteiger partial charge >= 0.3 is 0 Å². The van der Waals surface area contributed by atoms with E-state index >= 15 is 0 Å². The van der Waals surface area contributed by atoms with E-state index < -0.39 is 0 Å². The minimum Gasteiger partial charge on any atom is -0.372 e. The van der Waals surface area contributed by atoms with Crippen LogP contribution in [-0.2, 0) is 4.74 Å². The van der Waals surface area contributed by atoms with E-state index in [0.29, 0.717) is 18.2 Å². The van der Waals surface area contributed by atoms with Gasteiger partial charge in [-0.2, -0.15) is 0 Å². The number of rotatable bonds is 5. The second-order valence-electron chi connectivity index (χ2n) is 5.95. The monoisotopic (exact) mass is 255 g/mol. The molecule has 1 N–H and O–H groups in total. The highest BCUT2D eigenvalue weighted by Gasteiger charge is 2.27. The number of piperazine rings is 1. The first-order valence-electron chi connectivity index (χ1n) is 7.45. The summed E-state index contributed by atoms with van der Waals surface area (Å²) in [7, 11) is 2.00. The molecule has 0 amide bonds. The number of nitrogens with one attached hydrogen (secondary N) is 1. The van der Waals surface area contributed by atoms with E-state index in [-0.39, 0.29) is 0 Å². The van der Waals surface area contributed by atoms with Crippen molar-refractivity contribution in [3.05, 3.63) is 0 Å². The third kappa shape index (κ3) is 3.92. The van der Waals surface area contributed by atoms with Crippen LogP contribution in [-0.4, -0.2) is 74.4 Å². The van der Waals surface area contributed by atoms with Crippen LogP contribution < -0.4 is 5.32 Å². The molecule has 2 fully saturated rings. The van der Waals surface area contributed by atoms with Crippen molar-refractivity contribution in [3.63, 3.8) is 0 Å². The first-order valence-corrected chi connectivity index (χ1v) is 7.45. The third-order valence-electron chi connectivity index (χ3n) is 4.23. The van der Waals surface area contributed by atoms with Crippen molar-refractivity contribution in [2.45, 2.75) is 44.9 Å². The molecule has 18 heavy (non-hydrogen) atoms. The highest BCUT2D eigenvalue weighted by atomic mass is 16.5. The number of nitrogens with zero attached hydrogens (tertiary/aromatic N) is 2. The summed E-state index contributed by atoms with van der Waals surface area (Å²) in [6, 6.07) is 0.690. The minimum atomic E-state index is 0.442. The fourth-order valence-corrected chi connectivity index (χ4v) is 3.04. The molecule has 0 saturated carbocycles. The molecule has 4 nitrogen and oxygen atoms in total. The van der Waals surface area contributed by atoms with E-state index in [9.17, 15) is 0 Å². The van der Waals surface area contributed by atoms with Crippen LogP contribution in [0.5, 0.6) is 0 Å². The molecule has 0 aromatic rings. The molecule has 2 rings (SSSR count). The molecular formula is C14H29N3O. The van der Waals surface area contributed by atoms with Crippen molar-refractivity contribution in [2.75, 3.05) is 46.3 Å². The quantitative estimate of drug-likeness (QED) is 0.786. The largest absolute Gasteiger partial charge is 0.372 e. The van der Waals surface area contributed by atoms with Gasteiger partial charge in [0, 0.05) is 45.3 Å². The lowest BCUT2D eigenvalue weighted by Crippen LogP contribution is -2.50. The lowest BCUT2D eigenvalue weighted by Gasteiger charge is -2.37. The molecule has 2 aliphatic heterocycles. The molecule has 2 saturated heterocycles. The highest BCUT2D eigenvalue weighted by Crippen LogP contribution is 2.20. The molecule has 0 radical (unpaired) electrons. The van der Waals surface area contributed by atoms with E-state index in [1.54, 1.807) is 0 Å². The first-order chi connectivity index (χ1) is 8.69. The van der Waals surface area contributed by atoms with Crippen molar-refractivity contribution in [1.29, 1.82) is 0 Å². The number of likely N-dealkylation sites (N-methyl/N-ethyl adjacent to an activating group) is 1. The summed E-state index contributed by atoms with van der Waals surface area (Å²) in [5.41, 5.74) is 0. The highest BCUT2D eigenvalue weighted by molar-refractivity contribution is 4.81. The second-order valence-corrected chi connectivity index (χ2v) is 5.95. The van der Waals surface area contributed by atoms with Crippen molar-refractivity contribution < 1.29 is 4.74 Å². The van der Waals surface area contributed by atoms with Gasteiger partial charge in [0.25, 0.3) is 0 Å². The molecule has 2 aliphatic rings. The molecule has 2 heterocycles. The van der Waals surface area contributed by atoms with Gasteiger partial charge in [0.2, 0.25) is 0 Å². The summed E-state index contributed by atoms with van der Waals surface area (Å²) in [6.45, 7) is 11.5. The zero-order valence-corrected chi connectivity index (χ0v) is 12.2. The lowest BCUT2D eigenvalue weighted by molar-refractivity contribution is 0.0105. The maximum Gasteiger partial charge on any atom is 0.0707 e. The van der Waals surface area contributed by atoms with E-state index in [2.05, 4.69) is 29.0 Å². The van der Waals surface area contributed by atoms with E-state index in [4.69, 9.17) is 4.74 Å². The Bertz CT molecular complexity index is 239. The fraction of sp³-hybridized carbons (Fsp3) is 1.00. The van der Waals surface area contributed by atoms with Gasteiger partial charge < -0.3 is 10.1 Å². The second kappa shape index (κ2) is 6.85. The van der Waals surface area contributed by atoms with Crippen LogP contribution in [0.25, 0.3) is 0 Å². The van der Waals surface area contributed by atoms with Crippen molar-refractivity contribution in [3.8, 4) is 0 Å². The minimum absolute atomic E-state index is 0.442. The van der Waals surface area contributed by atoms with Crippen molar-refractivity contribution in [1.82, 2.24) is 15.1 Å². The SMILES string of the molecule is CNCC1CCC(CN2CCN(C(C)C)CC2)O1. The fourth-order valence-electron chi connectivity index (χ4n) is 3.04. The van der Waals surface area contributed by atoms with Crippen LogP contribution in [0.3, 0.4) is 0 Å². The summed E-state index contributed by atoms with van der Waals surface area (Å²) in [5, 5.41) is 3.21. The molecule has 2 atom stereocenters. The van der Waals surface area contributed by atoms with Crippen LogP contribution >= 0.6 is 0 Å². The Morgan fingerprint density at radius 2 is 1.78 bits per heavy atom. The first kappa shape index (κ1) is 14.3. The number of hydrogen-bond donors (Lipinski definition) is 1. The van der Waals surface area contributed by atoms with Gasteiger partial charge in [0.1, 0.15) is 0 Å². The molecule has 0 spiro atoms. The summed E-state index contributed by atoms with van der Waals surface area (Å²) < 4.78 is 6.06. The van der Waals surface area contributed by atoms with Crippen LogP contribution in [0.2, 0.25) is 0 Å². The molecule has 106 valence electrons. The molecule has 0 bridgehead atoms. The lowest BCUT2D eigenvalue weighted by atomic mass is 10.1. The molecule has 4 heteroatoms. The van der Waals surface area contributed by atoms with Gasteiger partial charge in [0.15, 0.2) is 0 Å². The standard InChI is InChI=1S/C14H29N3O/c1-12(2)17-8-6-16(7-9-17)11-14-5-4-13(18-14)10-15-3/h12-15H,4-11H2,1-3H3. The summed E-state index contributed by atoms with van der Waals surface area (Å²) >= 11 is 0. The zero-order valence-electron chi connectivity index (χ0n) is 12.2. The average Bonchev–Trinajstić information content (AvgIpc) is 2.78. The van der Waals surface area contributed by atoms with Gasteiger partial charge in [0.05, 0.1) is 12.2 Å². The molecule has 2 unspecified atom stereocenters. The Hall–Kier alpha value is -0.160. The van der Waals surface area contributed by atoms with Gasteiger partial charge in [-0.05, 0) is 33.7 Å². The van der Waals surface area contributed by atoms with Crippen LogP contribution in [0.4, 0.5) is 0 Å². The Morgan fingerprint density at radius 3 is 2.39 bits per heavy atom. The number of ether oxygens (including phenoxy) is 1. The third-order valence-corrected chi connectivity index (χ3v) is 4.23. The van der Waals surface area contributed by atoms with Gasteiger partial charge in [-0.3, -0.25) is 9.80 Å². The number of hydrogen-bond acceptors (Lipinski definition) is 4. The summed E-state index contributed by atoms with van der Waals surface area (Å²) in [6.07, 6.45) is 3.36. The van der Waals surface area contributed by atoms with Gasteiger partial charge in [-0.1, -0.05) is 0 Å². The Morgan fingerprint density at radius 1 is 1.11 bits per heavy atom. The van der Waals surface area contributed by atoms with Crippen LogP contribution in [0.15, 0.2) is 0 Å². The zero-order chi connectivity index (χ0) is 13.0. The Kier molecular flexibility index (Phi) is 5.42. The van der Waals surface area contributed by atoms with Crippen molar-refractivity contribution >= 4 is 0 Å². The van der Waals surface area contributed by atoms with Gasteiger partial charge in [-0.15, -0.1) is 0 Å². The Balaban J connectivity index is 1.66. The predicted octanol–water partition coefficient (Wildman–Crippen LogP) is 0.779. The Labute approximate surface area is 112 Å². The molecule has 0 aromatic heterocycles. The predicted molar refractivity (Wildman–Crippen MR) is 75.0 cm³/mol. The van der Waals surface area contributed by atoms with E-state index in [1.165, 1.54) is 39.0 Å². The molecule has 0 aromatic carbocycles. The topological polar surface area (TPSA) is 27.7 Å². The average molecular weight is 255 g/mol. The van der Waals surface area contributed by atoms with Gasteiger partial charge in [-0.25, -0.2) is 0 Å². The molecular weight excluding hydrogens is 226 g/mol. The van der Waals surface area contributed by atoms with E-state index in [0.717, 1.165) is 13.1 Å². The van der Waals surface area contributed by atoms with E-state index in [1.807, 2.05) is 7.05 Å². The maximum absolute atomic E-state index is 6.06. The van der Waals surface area contributed by atoms with Crippen LogP contribution in [0, 0.1) is 0 Å². The smallest absolute Gasteiger partial charge is 0.0707 e. The summed E-state index contributed by atoms with van der Waals surface area (Å²) in [5.74, 6) is 0. The normalized spacial score (nSPS) is 31.3. The summed E-state index contributed by atoms with van der Waals surface area (Å²) in [4.78, 5) is 5.14. The molecule has 0 aliphatic carbocycles.